The number of methoxy groups -OCH3 is 1. The third-order valence-corrected chi connectivity index (χ3v) is 5.96. The van der Waals surface area contributed by atoms with E-state index in [-0.39, 0.29) is 17.1 Å². The predicted molar refractivity (Wildman–Crippen MR) is 97.6 cm³/mol. The maximum absolute atomic E-state index is 13.4. The molecule has 5 nitrogen and oxygen atoms in total. The quantitative estimate of drug-likeness (QED) is 0.811. The third-order valence-electron chi connectivity index (χ3n) is 5.96. The molecule has 2 heterocycles. The van der Waals surface area contributed by atoms with Crippen LogP contribution in [-0.2, 0) is 19.7 Å². The summed E-state index contributed by atoms with van der Waals surface area (Å²) in [6.45, 7) is 3.94. The van der Waals surface area contributed by atoms with Crippen LogP contribution in [0, 0.1) is 11.2 Å². The molecule has 0 spiro atoms. The number of halogens is 1. The fourth-order valence-electron chi connectivity index (χ4n) is 4.19. The smallest absolute Gasteiger partial charge is 0.228 e. The Labute approximate surface area is 154 Å². The summed E-state index contributed by atoms with van der Waals surface area (Å²) in [5.41, 5.74) is 0.395. The zero-order chi connectivity index (χ0) is 18.5. The van der Waals surface area contributed by atoms with Gasteiger partial charge in [-0.25, -0.2) is 4.39 Å². The van der Waals surface area contributed by atoms with Gasteiger partial charge >= 0.3 is 0 Å². The van der Waals surface area contributed by atoms with E-state index in [0.29, 0.717) is 26.4 Å². The average Bonchev–Trinajstić information content (AvgIpc) is 2.68. The second-order valence-corrected chi connectivity index (χ2v) is 7.55. The number of benzene rings is 1. The van der Waals surface area contributed by atoms with E-state index in [9.17, 15) is 9.18 Å². The summed E-state index contributed by atoms with van der Waals surface area (Å²) in [5.74, 6) is -0.178. The van der Waals surface area contributed by atoms with Crippen LogP contribution < -0.4 is 10.6 Å². The van der Waals surface area contributed by atoms with Crippen molar-refractivity contribution in [2.24, 2.45) is 5.41 Å². The van der Waals surface area contributed by atoms with Crippen LogP contribution in [0.25, 0.3) is 0 Å². The number of amides is 1. The first kappa shape index (κ1) is 19.3. The summed E-state index contributed by atoms with van der Waals surface area (Å²) >= 11 is 0. The van der Waals surface area contributed by atoms with E-state index >= 15 is 0 Å². The standard InChI is InChI=1S/C20H29FN2O3/c1-25-15-20(6-10-22-11-7-20)18(24)23-14-19(8-12-26-13-9-19)16-2-4-17(21)5-3-16/h2-5,22H,6-15H2,1H3,(H,23,24). The molecule has 2 aliphatic heterocycles. The molecule has 0 bridgehead atoms. The van der Waals surface area contributed by atoms with E-state index in [1.54, 1.807) is 7.11 Å². The molecule has 2 saturated heterocycles. The van der Waals surface area contributed by atoms with Crippen molar-refractivity contribution in [2.45, 2.75) is 31.1 Å². The molecule has 144 valence electrons. The molecule has 3 rings (SSSR count). The molecule has 26 heavy (non-hydrogen) atoms. The van der Waals surface area contributed by atoms with Gasteiger partial charge in [0.2, 0.25) is 5.91 Å². The number of piperidine rings is 1. The minimum absolute atomic E-state index is 0.0637. The topological polar surface area (TPSA) is 59.6 Å². The molecule has 1 aromatic carbocycles. The highest BCUT2D eigenvalue weighted by atomic mass is 19.1. The second-order valence-electron chi connectivity index (χ2n) is 7.55. The molecule has 0 atom stereocenters. The SMILES string of the molecule is COCC1(C(=O)NCC2(c3ccc(F)cc3)CCOCC2)CCNCC1. The monoisotopic (exact) mass is 364 g/mol. The van der Waals surface area contributed by atoms with Crippen molar-refractivity contribution in [3.05, 3.63) is 35.6 Å². The van der Waals surface area contributed by atoms with Crippen molar-refractivity contribution in [2.75, 3.05) is 46.6 Å². The summed E-state index contributed by atoms with van der Waals surface area (Å²) in [5, 5.41) is 6.51. The van der Waals surface area contributed by atoms with Crippen molar-refractivity contribution < 1.29 is 18.7 Å². The van der Waals surface area contributed by atoms with Crippen LogP contribution in [0.2, 0.25) is 0 Å². The number of carbonyl (C=O) groups excluding carboxylic acids is 1. The fraction of sp³-hybridized carbons (Fsp3) is 0.650. The van der Waals surface area contributed by atoms with Gasteiger partial charge < -0.3 is 20.1 Å². The first-order valence-electron chi connectivity index (χ1n) is 9.42. The molecule has 1 amide bonds. The van der Waals surface area contributed by atoms with Gasteiger partial charge in [0.15, 0.2) is 0 Å². The van der Waals surface area contributed by atoms with Gasteiger partial charge in [-0.3, -0.25) is 4.79 Å². The highest BCUT2D eigenvalue weighted by Gasteiger charge is 2.41. The predicted octanol–water partition coefficient (Wildman–Crippen LogP) is 2.01. The lowest BCUT2D eigenvalue weighted by Crippen LogP contribution is -2.53. The molecule has 0 aliphatic carbocycles. The normalized spacial score (nSPS) is 21.9. The number of carbonyl (C=O) groups is 1. The zero-order valence-electron chi connectivity index (χ0n) is 15.5. The van der Waals surface area contributed by atoms with E-state index in [4.69, 9.17) is 9.47 Å². The van der Waals surface area contributed by atoms with E-state index in [2.05, 4.69) is 10.6 Å². The first-order chi connectivity index (χ1) is 12.6. The Morgan fingerprint density at radius 2 is 1.85 bits per heavy atom. The van der Waals surface area contributed by atoms with Crippen molar-refractivity contribution >= 4 is 5.91 Å². The number of nitrogens with one attached hydrogen (secondary N) is 2. The summed E-state index contributed by atoms with van der Waals surface area (Å²) < 4.78 is 24.3. The van der Waals surface area contributed by atoms with Crippen molar-refractivity contribution in [3.8, 4) is 0 Å². The molecular formula is C20H29FN2O3. The number of rotatable bonds is 6. The molecule has 1 aromatic rings. The van der Waals surface area contributed by atoms with Gasteiger partial charge in [-0.15, -0.1) is 0 Å². The lowest BCUT2D eigenvalue weighted by Gasteiger charge is -2.40. The van der Waals surface area contributed by atoms with Gasteiger partial charge in [-0.1, -0.05) is 12.1 Å². The molecule has 0 radical (unpaired) electrons. The minimum Gasteiger partial charge on any atom is -0.384 e. The Morgan fingerprint density at radius 3 is 2.46 bits per heavy atom. The van der Waals surface area contributed by atoms with Crippen LogP contribution in [-0.4, -0.2) is 52.5 Å². The summed E-state index contributed by atoms with van der Waals surface area (Å²) in [6.07, 6.45) is 3.19. The van der Waals surface area contributed by atoms with Gasteiger partial charge in [0.25, 0.3) is 0 Å². The van der Waals surface area contributed by atoms with Crippen LogP contribution in [0.1, 0.15) is 31.2 Å². The zero-order valence-corrected chi connectivity index (χ0v) is 15.5. The minimum atomic E-state index is -0.463. The van der Waals surface area contributed by atoms with Crippen molar-refractivity contribution in [3.63, 3.8) is 0 Å². The van der Waals surface area contributed by atoms with Crippen LogP contribution in [0.5, 0.6) is 0 Å². The lowest BCUT2D eigenvalue weighted by atomic mass is 9.73. The van der Waals surface area contributed by atoms with Gasteiger partial charge in [0, 0.05) is 32.3 Å². The lowest BCUT2D eigenvalue weighted by molar-refractivity contribution is -0.136. The molecule has 2 aliphatic rings. The van der Waals surface area contributed by atoms with E-state index < -0.39 is 5.41 Å². The molecule has 2 fully saturated rings. The first-order valence-corrected chi connectivity index (χ1v) is 9.42. The number of ether oxygens (including phenoxy) is 2. The second kappa shape index (κ2) is 8.46. The van der Waals surface area contributed by atoms with Crippen LogP contribution in [0.15, 0.2) is 24.3 Å². The maximum atomic E-state index is 13.4. The fourth-order valence-corrected chi connectivity index (χ4v) is 4.19. The summed E-state index contributed by atoms with van der Waals surface area (Å²) in [7, 11) is 1.65. The van der Waals surface area contributed by atoms with Crippen molar-refractivity contribution in [1.29, 1.82) is 0 Å². The molecule has 0 unspecified atom stereocenters. The van der Waals surface area contributed by atoms with Crippen molar-refractivity contribution in [1.82, 2.24) is 10.6 Å². The Hall–Kier alpha value is -1.50. The maximum Gasteiger partial charge on any atom is 0.228 e. The highest BCUT2D eigenvalue weighted by Crippen LogP contribution is 2.35. The molecule has 6 heteroatoms. The third kappa shape index (κ3) is 4.08. The molecule has 2 N–H and O–H groups in total. The highest BCUT2D eigenvalue weighted by molar-refractivity contribution is 5.83. The average molecular weight is 364 g/mol. The largest absolute Gasteiger partial charge is 0.384 e. The van der Waals surface area contributed by atoms with Gasteiger partial charge in [0.1, 0.15) is 5.82 Å². The molecule has 0 saturated carbocycles. The van der Waals surface area contributed by atoms with Gasteiger partial charge in [-0.05, 0) is 56.5 Å². The van der Waals surface area contributed by atoms with Crippen LogP contribution >= 0.6 is 0 Å². The van der Waals surface area contributed by atoms with Gasteiger partial charge in [-0.2, -0.15) is 0 Å². The molecular weight excluding hydrogens is 335 g/mol. The Balaban J connectivity index is 1.75. The van der Waals surface area contributed by atoms with E-state index in [1.165, 1.54) is 12.1 Å². The van der Waals surface area contributed by atoms with E-state index in [0.717, 1.165) is 44.3 Å². The van der Waals surface area contributed by atoms with E-state index in [1.807, 2.05) is 12.1 Å². The summed E-state index contributed by atoms with van der Waals surface area (Å²) in [6, 6.07) is 6.66. The molecule has 0 aromatic heterocycles. The van der Waals surface area contributed by atoms with Gasteiger partial charge in [0.05, 0.1) is 12.0 Å². The Kier molecular flexibility index (Phi) is 6.27. The Bertz CT molecular complexity index is 588. The summed E-state index contributed by atoms with van der Waals surface area (Å²) in [4.78, 5) is 13.1. The van der Waals surface area contributed by atoms with Crippen LogP contribution in [0.4, 0.5) is 4.39 Å². The number of hydrogen-bond acceptors (Lipinski definition) is 4. The number of hydrogen-bond donors (Lipinski definition) is 2. The van der Waals surface area contributed by atoms with Crippen LogP contribution in [0.3, 0.4) is 0 Å². The Morgan fingerprint density at radius 1 is 1.19 bits per heavy atom.